The van der Waals surface area contributed by atoms with Gasteiger partial charge in [-0.25, -0.2) is 13.6 Å². The Morgan fingerprint density at radius 1 is 1.15 bits per heavy atom. The predicted octanol–water partition coefficient (Wildman–Crippen LogP) is 1.11. The van der Waals surface area contributed by atoms with Gasteiger partial charge in [-0.1, -0.05) is 0 Å². The molecule has 0 radical (unpaired) electrons. The van der Waals surface area contributed by atoms with Gasteiger partial charge in [0, 0.05) is 20.1 Å². The van der Waals surface area contributed by atoms with Crippen molar-refractivity contribution in [2.45, 2.75) is 62.1 Å². The summed E-state index contributed by atoms with van der Waals surface area (Å²) in [6, 6.07) is -0.636. The first-order chi connectivity index (χ1) is 12.6. The highest BCUT2D eigenvalue weighted by molar-refractivity contribution is 5.96. The van der Waals surface area contributed by atoms with Gasteiger partial charge in [0.15, 0.2) is 0 Å². The van der Waals surface area contributed by atoms with Crippen molar-refractivity contribution in [1.29, 1.82) is 0 Å². The van der Waals surface area contributed by atoms with Crippen LogP contribution in [-0.2, 0) is 23.2 Å². The van der Waals surface area contributed by atoms with Crippen molar-refractivity contribution in [2.75, 3.05) is 13.7 Å². The van der Waals surface area contributed by atoms with E-state index in [1.54, 1.807) is 0 Å². The van der Waals surface area contributed by atoms with Crippen LogP contribution in [0.3, 0.4) is 0 Å². The minimum absolute atomic E-state index is 0.00689. The van der Waals surface area contributed by atoms with Crippen LogP contribution in [0.15, 0.2) is 0 Å². The van der Waals surface area contributed by atoms with Crippen molar-refractivity contribution in [2.24, 2.45) is 11.5 Å². The lowest BCUT2D eigenvalue weighted by molar-refractivity contribution is -0.221. The second-order valence-electron chi connectivity index (χ2n) is 7.87. The van der Waals surface area contributed by atoms with Crippen molar-refractivity contribution in [1.82, 2.24) is 14.7 Å². The van der Waals surface area contributed by atoms with Gasteiger partial charge in [-0.3, -0.25) is 9.48 Å². The van der Waals surface area contributed by atoms with Gasteiger partial charge in [0.25, 0.3) is 11.8 Å². The van der Waals surface area contributed by atoms with Crippen molar-refractivity contribution in [3.8, 4) is 0 Å². The largest absolute Gasteiger partial charge is 0.378 e. The fraction of sp³-hybridized carbons (Fsp3) is 0.706. The maximum atomic E-state index is 15.3. The molecule has 4 N–H and O–H groups in total. The average molecular weight is 383 g/mol. The molecule has 2 bridgehead atoms. The maximum Gasteiger partial charge on any atom is 0.315 e. The molecule has 3 aliphatic carbocycles. The van der Waals surface area contributed by atoms with E-state index in [0.29, 0.717) is 25.1 Å². The highest BCUT2D eigenvalue weighted by atomic mass is 19.3. The summed E-state index contributed by atoms with van der Waals surface area (Å²) in [6.45, 7) is 0.615. The Kier molecular flexibility index (Phi) is 3.79. The van der Waals surface area contributed by atoms with Crippen molar-refractivity contribution < 1.29 is 23.1 Å². The van der Waals surface area contributed by atoms with Crippen molar-refractivity contribution in [3.63, 3.8) is 0 Å². The Labute approximate surface area is 154 Å². The third kappa shape index (κ3) is 2.38. The predicted molar refractivity (Wildman–Crippen MR) is 90.2 cm³/mol. The third-order valence-electron chi connectivity index (χ3n) is 6.68. The Morgan fingerprint density at radius 3 is 2.33 bits per heavy atom. The van der Waals surface area contributed by atoms with Crippen molar-refractivity contribution in [3.05, 3.63) is 17.0 Å². The average Bonchev–Trinajstić information content (AvgIpc) is 3.00. The van der Waals surface area contributed by atoms with Crippen LogP contribution >= 0.6 is 0 Å². The molecular formula is C17H23F2N5O3. The molecule has 1 aliphatic heterocycles. The molecule has 148 valence electrons. The maximum absolute atomic E-state index is 15.3. The first-order valence-corrected chi connectivity index (χ1v) is 9.02. The molecule has 8 nitrogen and oxygen atoms in total. The van der Waals surface area contributed by atoms with E-state index in [1.807, 2.05) is 0 Å². The summed E-state index contributed by atoms with van der Waals surface area (Å²) in [5.74, 6) is -3.88. The van der Waals surface area contributed by atoms with Gasteiger partial charge in [-0.2, -0.15) is 5.10 Å². The quantitative estimate of drug-likeness (QED) is 0.813. The van der Waals surface area contributed by atoms with Gasteiger partial charge >= 0.3 is 6.03 Å². The number of fused-ring (bicyclic) bond motifs is 4. The minimum atomic E-state index is -3.07. The molecule has 5 rings (SSSR count). The number of hydrogen-bond donors (Lipinski definition) is 2. The van der Waals surface area contributed by atoms with Gasteiger partial charge in [0.1, 0.15) is 0 Å². The summed E-state index contributed by atoms with van der Waals surface area (Å²) in [4.78, 5) is 25.1. The highest BCUT2D eigenvalue weighted by Crippen LogP contribution is 2.62. The summed E-state index contributed by atoms with van der Waals surface area (Å²) in [5.41, 5.74) is 9.00. The van der Waals surface area contributed by atoms with Gasteiger partial charge in [0.05, 0.1) is 41.1 Å². The van der Waals surface area contributed by atoms with Gasteiger partial charge in [-0.05, 0) is 25.7 Å². The van der Waals surface area contributed by atoms with E-state index in [0.717, 1.165) is 0 Å². The molecule has 0 saturated heterocycles. The molecule has 3 amide bonds. The number of aromatic nitrogens is 2. The summed E-state index contributed by atoms with van der Waals surface area (Å²) in [6.07, 6.45) is 0.901. The Hall–Kier alpha value is -2.23. The molecule has 10 heteroatoms. The first kappa shape index (κ1) is 18.1. The molecule has 3 saturated carbocycles. The molecular weight excluding hydrogens is 360 g/mol. The summed E-state index contributed by atoms with van der Waals surface area (Å²) in [5, 5.41) is 4.42. The topological polar surface area (TPSA) is 116 Å². The number of rotatable bonds is 3. The standard InChI is InChI=1S/C17H23F2N5O3/c1-27-15-2-4-16(5-3-15,17(18,19)9-15)12-11(13(20)25)10-8-23(14(21)26)6-7-24(10)22-12/h2-9H2,1H3,(H2,20,25)(H2,21,26). The monoisotopic (exact) mass is 383 g/mol. The highest BCUT2D eigenvalue weighted by Gasteiger charge is 2.67. The normalized spacial score (nSPS) is 31.6. The van der Waals surface area contributed by atoms with Crippen LogP contribution in [0, 0.1) is 0 Å². The number of ether oxygens (including phenoxy) is 1. The lowest BCUT2D eigenvalue weighted by atomic mass is 9.54. The number of nitrogens with zero attached hydrogens (tertiary/aromatic N) is 3. The summed E-state index contributed by atoms with van der Waals surface area (Å²) in [7, 11) is 1.47. The lowest BCUT2D eigenvalue weighted by Crippen LogP contribution is -2.62. The Bertz CT molecular complexity index is 814. The number of hydrogen-bond acceptors (Lipinski definition) is 4. The second-order valence-corrected chi connectivity index (χ2v) is 7.87. The molecule has 0 spiro atoms. The zero-order valence-corrected chi connectivity index (χ0v) is 15.1. The van der Waals surface area contributed by atoms with Crippen LogP contribution in [0.5, 0.6) is 0 Å². The van der Waals surface area contributed by atoms with E-state index in [2.05, 4.69) is 5.10 Å². The Balaban J connectivity index is 1.83. The molecule has 4 aliphatic rings. The van der Waals surface area contributed by atoms with E-state index >= 15 is 8.78 Å². The number of halogens is 2. The van der Waals surface area contributed by atoms with Crippen LogP contribution < -0.4 is 11.5 Å². The number of carbonyl (C=O) groups is 2. The SMILES string of the molecule is COC12CCC(c3nn4c(c3C(N)=O)CN(C(N)=O)CC4)(CC1)C(F)(F)C2. The summed E-state index contributed by atoms with van der Waals surface area (Å²) >= 11 is 0. The molecule has 0 atom stereocenters. The number of urea groups is 1. The lowest BCUT2D eigenvalue weighted by Gasteiger charge is -2.56. The van der Waals surface area contributed by atoms with E-state index in [1.165, 1.54) is 16.7 Å². The van der Waals surface area contributed by atoms with E-state index in [-0.39, 0.29) is 37.2 Å². The number of carbonyl (C=O) groups excluding carboxylic acids is 2. The molecule has 3 fully saturated rings. The van der Waals surface area contributed by atoms with Gasteiger partial charge in [0.2, 0.25) is 0 Å². The molecule has 2 heterocycles. The van der Waals surface area contributed by atoms with Crippen LogP contribution in [0.25, 0.3) is 0 Å². The number of nitrogens with two attached hydrogens (primary N) is 2. The Morgan fingerprint density at radius 2 is 1.81 bits per heavy atom. The van der Waals surface area contributed by atoms with E-state index in [4.69, 9.17) is 16.2 Å². The molecule has 1 aromatic heterocycles. The zero-order chi connectivity index (χ0) is 19.6. The van der Waals surface area contributed by atoms with Crippen LogP contribution in [0.2, 0.25) is 0 Å². The van der Waals surface area contributed by atoms with Gasteiger partial charge in [-0.15, -0.1) is 0 Å². The number of amides is 3. The third-order valence-corrected chi connectivity index (χ3v) is 6.68. The van der Waals surface area contributed by atoms with Crippen LogP contribution in [0.1, 0.15) is 53.8 Å². The van der Waals surface area contributed by atoms with Gasteiger partial charge < -0.3 is 21.1 Å². The number of methoxy groups -OCH3 is 1. The summed E-state index contributed by atoms with van der Waals surface area (Å²) < 4.78 is 37.6. The van der Waals surface area contributed by atoms with E-state index in [9.17, 15) is 9.59 Å². The fourth-order valence-corrected chi connectivity index (χ4v) is 5.03. The molecule has 0 aromatic carbocycles. The molecule has 1 aromatic rings. The van der Waals surface area contributed by atoms with Crippen LogP contribution in [-0.4, -0.2) is 51.8 Å². The van der Waals surface area contributed by atoms with Crippen LogP contribution in [0.4, 0.5) is 13.6 Å². The molecule has 0 unspecified atom stereocenters. The first-order valence-electron chi connectivity index (χ1n) is 9.02. The second kappa shape index (κ2) is 5.63. The molecule has 27 heavy (non-hydrogen) atoms. The minimum Gasteiger partial charge on any atom is -0.378 e. The smallest absolute Gasteiger partial charge is 0.315 e. The number of primary amides is 2. The van der Waals surface area contributed by atoms with Crippen molar-refractivity contribution >= 4 is 11.9 Å². The number of alkyl halides is 2. The van der Waals surface area contributed by atoms with E-state index < -0.39 is 35.3 Å². The fourth-order valence-electron chi connectivity index (χ4n) is 5.03. The zero-order valence-electron chi connectivity index (χ0n) is 15.1.